The zero-order valence-electron chi connectivity index (χ0n) is 30.8. The van der Waals surface area contributed by atoms with Gasteiger partial charge in [-0.25, -0.2) is 0 Å². The molecule has 0 N–H and O–H groups in total. The second-order valence-electron chi connectivity index (χ2n) is 13.1. The van der Waals surface area contributed by atoms with Gasteiger partial charge in [-0.3, -0.25) is 0 Å². The summed E-state index contributed by atoms with van der Waals surface area (Å²) in [5.74, 6) is 0. The van der Waals surface area contributed by atoms with Gasteiger partial charge in [-0.05, 0) is 11.1 Å². The summed E-state index contributed by atoms with van der Waals surface area (Å²) in [6, 6.07) is 34.5. The van der Waals surface area contributed by atoms with Crippen LogP contribution in [-0.2, 0) is 0 Å². The minimum atomic E-state index is -1.54. The van der Waals surface area contributed by atoms with Gasteiger partial charge in [0.05, 0.1) is 93.1 Å². The lowest BCUT2D eigenvalue weighted by atomic mass is 9.34. The van der Waals surface area contributed by atoms with E-state index >= 15 is 0 Å². The van der Waals surface area contributed by atoms with Gasteiger partial charge in [0, 0.05) is 43.8 Å². The van der Waals surface area contributed by atoms with E-state index in [4.69, 9.17) is 0 Å². The summed E-state index contributed by atoms with van der Waals surface area (Å²) in [5.41, 5.74) is -7.09. The fraction of sp³-hybridized carbons (Fsp3) is 0. The van der Waals surface area contributed by atoms with Gasteiger partial charge in [-0.2, -0.15) is 84.2 Å². The van der Waals surface area contributed by atoms with Crippen LogP contribution in [0.5, 0.6) is 0 Å². The monoisotopic (exact) mass is 776 g/mol. The molecule has 4 heterocycles. The highest BCUT2D eigenvalue weighted by molar-refractivity contribution is 6.95. The summed E-state index contributed by atoms with van der Waals surface area (Å²) < 4.78 is 0. The molecule has 0 radical (unpaired) electrons. The smallest absolute Gasteiger partial charge is 0.194 e. The lowest BCUT2D eigenvalue weighted by molar-refractivity contribution is 1.42. The van der Waals surface area contributed by atoms with Gasteiger partial charge in [0.15, 0.2) is 0 Å². The molecule has 2 aliphatic carbocycles. The minimum Gasteiger partial charge on any atom is -0.194 e. The maximum absolute atomic E-state index is 10.5. The van der Waals surface area contributed by atoms with Crippen molar-refractivity contribution in [3.8, 4) is 108 Å². The van der Waals surface area contributed by atoms with Gasteiger partial charge in [-0.1, -0.05) is 46.1 Å². The van der Waals surface area contributed by atoms with E-state index in [1.54, 1.807) is 48.6 Å². The van der Waals surface area contributed by atoms with Crippen molar-refractivity contribution >= 4 is 48.7 Å². The van der Waals surface area contributed by atoms with Crippen molar-refractivity contribution in [1.82, 2.24) is 0 Å². The lowest BCUT2D eigenvalue weighted by Gasteiger charge is -2.11. The number of allylic oxidation sites excluding steroid dienone is 16. The van der Waals surface area contributed by atoms with Crippen molar-refractivity contribution in [1.29, 1.82) is 84.2 Å². The van der Waals surface area contributed by atoms with Gasteiger partial charge in [0.2, 0.25) is 0 Å². The molecule has 0 unspecified atom stereocenters. The molecule has 0 fully saturated rings. The van der Waals surface area contributed by atoms with Crippen LogP contribution < -0.4 is 21.9 Å². The zero-order valence-corrected chi connectivity index (χ0v) is 30.8. The second-order valence-corrected chi connectivity index (χ2v) is 13.1. The van der Waals surface area contributed by atoms with E-state index in [1.165, 1.54) is 24.3 Å². The number of fused-ring (bicyclic) bond motifs is 1. The normalized spacial score (nSPS) is 15.2. The molecule has 6 rings (SSSR count). The van der Waals surface area contributed by atoms with Gasteiger partial charge < -0.3 is 0 Å². The maximum atomic E-state index is 10.5. The number of hydrogen-bond donors (Lipinski definition) is 0. The fourth-order valence-electron chi connectivity index (χ4n) is 8.37. The molecule has 264 valence electrons. The predicted octanol–water partition coefficient (Wildman–Crippen LogP) is 0.717. The molecule has 0 saturated carbocycles. The maximum Gasteiger partial charge on any atom is 0.272 e. The van der Waals surface area contributed by atoms with Crippen LogP contribution in [0.25, 0.3) is 11.1 Å². The summed E-state index contributed by atoms with van der Waals surface area (Å²) in [6.07, 6.45) is 0. The molecular formula is C42H4B4N16. The van der Waals surface area contributed by atoms with Crippen LogP contribution in [0.3, 0.4) is 0 Å². The molecule has 6 aliphatic rings. The molecule has 0 aromatic carbocycles. The van der Waals surface area contributed by atoms with Crippen LogP contribution in [0.15, 0.2) is 113 Å². The minimum absolute atomic E-state index is 0.0378. The first kappa shape index (κ1) is 40.4. The quantitative estimate of drug-likeness (QED) is 0.386. The molecule has 0 bridgehead atoms. The Morgan fingerprint density at radius 2 is 0.419 bits per heavy atom. The Hall–Kier alpha value is -11.3. The van der Waals surface area contributed by atoms with Crippen LogP contribution in [0.2, 0.25) is 0 Å². The third kappa shape index (κ3) is 5.30. The first-order chi connectivity index (χ1) is 30.1. The largest absolute Gasteiger partial charge is 0.272 e. The second kappa shape index (κ2) is 15.7. The van der Waals surface area contributed by atoms with Crippen molar-refractivity contribution in [2.24, 2.45) is 0 Å². The highest BCUT2D eigenvalue weighted by atomic mass is 14.4. The first-order valence-electron chi connectivity index (χ1n) is 17.1. The van der Waals surface area contributed by atoms with E-state index in [0.717, 1.165) is 0 Å². The molecule has 0 amide bonds. The molecule has 4 aliphatic heterocycles. The Morgan fingerprint density at radius 1 is 0.226 bits per heavy atom. The predicted molar refractivity (Wildman–Crippen MR) is 211 cm³/mol. The Labute approximate surface area is 352 Å². The van der Waals surface area contributed by atoms with Crippen LogP contribution in [0.4, 0.5) is 0 Å². The van der Waals surface area contributed by atoms with Gasteiger partial charge in [0.25, 0.3) is 26.9 Å². The Kier molecular flexibility index (Phi) is 10.2. The summed E-state index contributed by atoms with van der Waals surface area (Å²) in [6.45, 7) is -6.14. The van der Waals surface area contributed by atoms with Crippen molar-refractivity contribution in [2.45, 2.75) is 0 Å². The zero-order chi connectivity index (χ0) is 45.2. The average Bonchev–Trinajstić information content (AvgIpc) is 4.05. The standard InChI is InChI=1S/C42H4B4N16/c47-5-25-26(6-48)36(14-56)43(35(25)13-55)21-1-22(44-37(15-57)27(7-49)28(8-50)38(44)16-58)3-24-23(2-21)33(45-39(17-59)29(9-51)30(10-52)40(45)18-60)4-34(24)46-41(19-61)31(11-53)32(12-54)42(46)20-62/h1-4H. The molecule has 0 aromatic heterocycles. The van der Waals surface area contributed by atoms with E-state index in [0.29, 0.717) is 0 Å². The molecule has 20 heteroatoms. The number of nitrogens with zero attached hydrogens (tertiary/aromatic N) is 16. The number of rotatable bonds is 4. The van der Waals surface area contributed by atoms with Crippen molar-refractivity contribution < 1.29 is 0 Å². The van der Waals surface area contributed by atoms with Gasteiger partial charge in [-0.15, -0.1) is 0 Å². The van der Waals surface area contributed by atoms with Crippen LogP contribution in [0, 0.1) is 181 Å². The van der Waals surface area contributed by atoms with Crippen molar-refractivity contribution in [2.75, 3.05) is 0 Å². The summed E-state index contributed by atoms with van der Waals surface area (Å²) in [7, 11) is 0. The van der Waals surface area contributed by atoms with E-state index in [1.807, 2.05) is 48.6 Å². The Morgan fingerprint density at radius 3 is 0.597 bits per heavy atom. The third-order valence-corrected chi connectivity index (χ3v) is 10.8. The van der Waals surface area contributed by atoms with E-state index in [-0.39, 0.29) is 76.8 Å². The Bertz CT molecular complexity index is 3200. The van der Waals surface area contributed by atoms with Crippen molar-refractivity contribution in [3.63, 3.8) is 0 Å². The molecule has 16 nitrogen and oxygen atoms in total. The topological polar surface area (TPSA) is 381 Å². The number of hydrogen-bond acceptors (Lipinski definition) is 16. The van der Waals surface area contributed by atoms with Crippen molar-refractivity contribution in [3.05, 3.63) is 113 Å². The van der Waals surface area contributed by atoms with Gasteiger partial charge in [0.1, 0.15) is 48.6 Å². The molecule has 0 atom stereocenters. The fourth-order valence-corrected chi connectivity index (χ4v) is 8.37. The van der Waals surface area contributed by atoms with E-state index in [9.17, 15) is 84.2 Å². The SMILES string of the molecule is N#CC1=C(C#N)C(C#N)=C(C#N)B1c1cc(B2C(C#N)=C(C#N)C(C#N)=C2C#N)cc2c(B3C(C#N)=C(C#N)C(C#N)=C3C#N)cc(B3C(C#N)=C(C#N)C(C#N)=C3C#N)c-2c1. The average molecular weight is 776 g/mol. The summed E-state index contributed by atoms with van der Waals surface area (Å²) in [4.78, 5) is 0. The molecule has 0 saturated heterocycles. The molecule has 0 aromatic rings. The molecule has 62 heavy (non-hydrogen) atoms. The third-order valence-electron chi connectivity index (χ3n) is 10.8. The van der Waals surface area contributed by atoms with E-state index < -0.39 is 71.4 Å². The lowest BCUT2D eigenvalue weighted by Crippen LogP contribution is -2.39. The highest BCUT2D eigenvalue weighted by Gasteiger charge is 2.48. The summed E-state index contributed by atoms with van der Waals surface area (Å²) >= 11 is 0. The first-order valence-corrected chi connectivity index (χ1v) is 17.1. The summed E-state index contributed by atoms with van der Waals surface area (Å²) in [5, 5.41) is 165. The van der Waals surface area contributed by atoms with E-state index in [2.05, 4.69) is 0 Å². The highest BCUT2D eigenvalue weighted by Crippen LogP contribution is 2.38. The molecular weight excluding hydrogens is 772 g/mol. The number of nitriles is 16. The van der Waals surface area contributed by atoms with Crippen LogP contribution >= 0.6 is 0 Å². The molecule has 0 spiro atoms. The Balaban J connectivity index is 1.94. The van der Waals surface area contributed by atoms with Gasteiger partial charge >= 0.3 is 0 Å². The van der Waals surface area contributed by atoms with Crippen LogP contribution in [-0.4, -0.2) is 26.9 Å². The van der Waals surface area contributed by atoms with Crippen LogP contribution in [0.1, 0.15) is 0 Å².